The Morgan fingerprint density at radius 2 is 1.83 bits per heavy atom. The summed E-state index contributed by atoms with van der Waals surface area (Å²) in [6.45, 7) is 6.38. The van der Waals surface area contributed by atoms with Crippen LogP contribution in [0.25, 0.3) is 0 Å². The molecule has 0 aliphatic heterocycles. The molecule has 128 valence electrons. The molecule has 2 aromatic rings. The molecule has 0 nitrogen and oxygen atoms in total. The van der Waals surface area contributed by atoms with Gasteiger partial charge in [-0.15, -0.1) is 0 Å². The van der Waals surface area contributed by atoms with Crippen molar-refractivity contribution in [2.75, 3.05) is 0 Å². The smallest absolute Gasteiger partial charge is 0.206 e. The van der Waals surface area contributed by atoms with Crippen molar-refractivity contribution in [3.8, 4) is 0 Å². The maximum absolute atomic E-state index is 13.5. The number of alkyl halides is 2. The van der Waals surface area contributed by atoms with Gasteiger partial charge in [0.05, 0.1) is 5.92 Å². The molecule has 2 aromatic carbocycles. The molecule has 3 heteroatoms. The Kier molecular flexibility index (Phi) is 4.83. The van der Waals surface area contributed by atoms with Gasteiger partial charge in [-0.1, -0.05) is 67.0 Å². The molecule has 1 saturated carbocycles. The van der Waals surface area contributed by atoms with Crippen LogP contribution in [0.15, 0.2) is 46.9 Å². The van der Waals surface area contributed by atoms with Crippen LogP contribution < -0.4 is 0 Å². The van der Waals surface area contributed by atoms with E-state index >= 15 is 0 Å². The molecule has 0 bridgehead atoms. The summed E-state index contributed by atoms with van der Waals surface area (Å²) in [5.74, 6) is -2.44. The Balaban J connectivity index is 1.83. The van der Waals surface area contributed by atoms with Crippen molar-refractivity contribution in [1.29, 1.82) is 0 Å². The van der Waals surface area contributed by atoms with Gasteiger partial charge in [0, 0.05) is 10.9 Å². The first-order valence-electron chi connectivity index (χ1n) is 8.54. The second-order valence-electron chi connectivity index (χ2n) is 7.30. The molecule has 0 heterocycles. The second-order valence-corrected chi connectivity index (χ2v) is 8.21. The third-order valence-electron chi connectivity index (χ3n) is 4.93. The topological polar surface area (TPSA) is 0 Å². The Bertz CT molecular complexity index is 736. The van der Waals surface area contributed by atoms with Gasteiger partial charge in [-0.25, -0.2) is 8.78 Å². The van der Waals surface area contributed by atoms with Gasteiger partial charge in [0.2, 0.25) is 0 Å². The van der Waals surface area contributed by atoms with Gasteiger partial charge >= 0.3 is 0 Å². The maximum Gasteiger partial charge on any atom is 0.255 e. The van der Waals surface area contributed by atoms with E-state index in [4.69, 9.17) is 0 Å². The van der Waals surface area contributed by atoms with Crippen molar-refractivity contribution in [3.05, 3.63) is 69.2 Å². The first kappa shape index (κ1) is 17.6. The lowest BCUT2D eigenvalue weighted by Crippen LogP contribution is -2.03. The predicted molar refractivity (Wildman–Crippen MR) is 99.1 cm³/mol. The molecule has 0 aromatic heterocycles. The number of halogens is 3. The van der Waals surface area contributed by atoms with E-state index in [0.717, 1.165) is 22.0 Å². The Hall–Kier alpha value is -1.22. The quantitative estimate of drug-likeness (QED) is 0.511. The molecular formula is C21H23BrF2. The average molecular weight is 393 g/mol. The van der Waals surface area contributed by atoms with E-state index in [1.807, 2.05) is 24.3 Å². The van der Waals surface area contributed by atoms with Crippen molar-refractivity contribution in [1.82, 2.24) is 0 Å². The minimum absolute atomic E-state index is 0.000508. The van der Waals surface area contributed by atoms with Gasteiger partial charge < -0.3 is 0 Å². The van der Waals surface area contributed by atoms with Crippen molar-refractivity contribution in [2.24, 2.45) is 0 Å². The van der Waals surface area contributed by atoms with Crippen molar-refractivity contribution in [3.63, 3.8) is 0 Å². The van der Waals surface area contributed by atoms with Crippen LogP contribution in [0.4, 0.5) is 8.78 Å². The molecule has 0 amide bonds. The van der Waals surface area contributed by atoms with E-state index in [2.05, 4.69) is 54.9 Å². The first-order chi connectivity index (χ1) is 11.3. The van der Waals surface area contributed by atoms with Crippen LogP contribution in [0, 0.1) is 0 Å². The van der Waals surface area contributed by atoms with Crippen molar-refractivity contribution in [2.45, 2.75) is 57.3 Å². The lowest BCUT2D eigenvalue weighted by Gasteiger charge is -2.17. The largest absolute Gasteiger partial charge is 0.255 e. The van der Waals surface area contributed by atoms with Crippen LogP contribution in [0.2, 0.25) is 0 Å². The normalized spacial score (nSPS) is 20.2. The molecule has 1 fully saturated rings. The van der Waals surface area contributed by atoms with Gasteiger partial charge in [-0.3, -0.25) is 0 Å². The van der Waals surface area contributed by atoms with E-state index in [-0.39, 0.29) is 12.3 Å². The molecule has 0 N–H and O–H groups in total. The zero-order valence-electron chi connectivity index (χ0n) is 14.3. The van der Waals surface area contributed by atoms with Crippen molar-refractivity contribution >= 4 is 15.9 Å². The SMILES string of the molecule is CC(C)c1cc(CC(C)c2cccc(Br)c2)ccc1C1CC1(F)F. The van der Waals surface area contributed by atoms with Crippen LogP contribution >= 0.6 is 15.9 Å². The Morgan fingerprint density at radius 1 is 1.12 bits per heavy atom. The Morgan fingerprint density at radius 3 is 2.42 bits per heavy atom. The summed E-state index contributed by atoms with van der Waals surface area (Å²) in [6, 6.07) is 14.5. The van der Waals surface area contributed by atoms with Gasteiger partial charge in [-0.05, 0) is 52.6 Å². The number of benzene rings is 2. The van der Waals surface area contributed by atoms with Crippen LogP contribution in [-0.2, 0) is 6.42 Å². The fraction of sp³-hybridized carbons (Fsp3) is 0.429. The van der Waals surface area contributed by atoms with E-state index in [1.54, 1.807) is 0 Å². The molecule has 2 unspecified atom stereocenters. The van der Waals surface area contributed by atoms with Crippen LogP contribution in [-0.4, -0.2) is 5.92 Å². The van der Waals surface area contributed by atoms with Crippen LogP contribution in [0.1, 0.15) is 67.2 Å². The van der Waals surface area contributed by atoms with Crippen LogP contribution in [0.3, 0.4) is 0 Å². The van der Waals surface area contributed by atoms with Gasteiger partial charge in [0.1, 0.15) is 0 Å². The lowest BCUT2D eigenvalue weighted by atomic mass is 9.88. The molecule has 3 rings (SSSR count). The highest BCUT2D eigenvalue weighted by atomic mass is 79.9. The molecule has 2 atom stereocenters. The standard InChI is InChI=1S/C21H23BrF2/c1-13(2)19-10-15(7-8-18(19)20-12-21(20,23)24)9-14(3)16-5-4-6-17(22)11-16/h4-8,10-11,13-14,20H,9,12H2,1-3H3. The van der Waals surface area contributed by atoms with Gasteiger partial charge in [-0.2, -0.15) is 0 Å². The lowest BCUT2D eigenvalue weighted by molar-refractivity contribution is 0.112. The van der Waals surface area contributed by atoms with Gasteiger partial charge in [0.15, 0.2) is 0 Å². The van der Waals surface area contributed by atoms with E-state index < -0.39 is 11.8 Å². The molecule has 0 radical (unpaired) electrons. The monoisotopic (exact) mass is 392 g/mol. The summed E-state index contributed by atoms with van der Waals surface area (Å²) >= 11 is 3.52. The fourth-order valence-electron chi connectivity index (χ4n) is 3.40. The summed E-state index contributed by atoms with van der Waals surface area (Å²) in [5, 5.41) is 0. The number of hydrogen-bond donors (Lipinski definition) is 0. The summed E-state index contributed by atoms with van der Waals surface area (Å²) in [5.41, 5.74) is 4.43. The minimum atomic E-state index is -2.51. The van der Waals surface area contributed by atoms with E-state index in [1.165, 1.54) is 11.1 Å². The van der Waals surface area contributed by atoms with E-state index in [9.17, 15) is 8.78 Å². The number of rotatable bonds is 5. The summed E-state index contributed by atoms with van der Waals surface area (Å²) < 4.78 is 28.1. The highest BCUT2D eigenvalue weighted by molar-refractivity contribution is 9.10. The minimum Gasteiger partial charge on any atom is -0.206 e. The highest BCUT2D eigenvalue weighted by Crippen LogP contribution is 2.57. The third kappa shape index (κ3) is 3.72. The zero-order valence-corrected chi connectivity index (χ0v) is 15.9. The van der Waals surface area contributed by atoms with Crippen molar-refractivity contribution < 1.29 is 8.78 Å². The highest BCUT2D eigenvalue weighted by Gasteiger charge is 2.58. The molecule has 1 aliphatic carbocycles. The third-order valence-corrected chi connectivity index (χ3v) is 5.43. The molecule has 1 aliphatic rings. The van der Waals surface area contributed by atoms with Gasteiger partial charge in [0.25, 0.3) is 5.92 Å². The summed E-state index contributed by atoms with van der Waals surface area (Å²) in [4.78, 5) is 0. The Labute approximate surface area is 151 Å². The molecular weight excluding hydrogens is 370 g/mol. The summed E-state index contributed by atoms with van der Waals surface area (Å²) in [7, 11) is 0. The summed E-state index contributed by atoms with van der Waals surface area (Å²) in [6.07, 6.45) is 0.915. The number of hydrogen-bond acceptors (Lipinski definition) is 0. The van der Waals surface area contributed by atoms with E-state index in [0.29, 0.717) is 5.92 Å². The van der Waals surface area contributed by atoms with Crippen LogP contribution in [0.5, 0.6) is 0 Å². The zero-order chi connectivity index (χ0) is 17.5. The second kappa shape index (κ2) is 6.59. The predicted octanol–water partition coefficient (Wildman–Crippen LogP) is 7.04. The molecule has 0 spiro atoms. The maximum atomic E-state index is 13.5. The fourth-order valence-corrected chi connectivity index (χ4v) is 3.82. The average Bonchev–Trinajstić information content (AvgIpc) is 3.15. The molecule has 24 heavy (non-hydrogen) atoms. The molecule has 0 saturated heterocycles. The first-order valence-corrected chi connectivity index (χ1v) is 9.33.